The zero-order valence-corrected chi connectivity index (χ0v) is 18.8. The molecule has 0 saturated carbocycles. The van der Waals surface area contributed by atoms with Gasteiger partial charge in [0.2, 0.25) is 0 Å². The van der Waals surface area contributed by atoms with Crippen LogP contribution in [-0.2, 0) is 13.5 Å². The fourth-order valence-corrected chi connectivity index (χ4v) is 4.50. The molecule has 1 aliphatic rings. The molecular formula is C27H24N6O. The molecule has 6 rings (SSSR count). The fourth-order valence-electron chi connectivity index (χ4n) is 4.50. The first-order valence-corrected chi connectivity index (χ1v) is 11.3. The molecule has 168 valence electrons. The van der Waals surface area contributed by atoms with Crippen molar-refractivity contribution in [1.29, 1.82) is 0 Å². The van der Waals surface area contributed by atoms with Gasteiger partial charge in [0.25, 0.3) is 0 Å². The zero-order valence-electron chi connectivity index (χ0n) is 18.8. The molecule has 5 aromatic rings. The monoisotopic (exact) mass is 448 g/mol. The van der Waals surface area contributed by atoms with Gasteiger partial charge in [-0.05, 0) is 52.9 Å². The van der Waals surface area contributed by atoms with Crippen LogP contribution in [0.1, 0.15) is 23.0 Å². The number of nitrogens with two attached hydrogens (primary N) is 1. The minimum absolute atomic E-state index is 0.211. The Bertz CT molecular complexity index is 1490. The molecule has 0 aliphatic carbocycles. The smallest absolute Gasteiger partial charge is 0.181 e. The van der Waals surface area contributed by atoms with Gasteiger partial charge in [-0.15, -0.1) is 0 Å². The van der Waals surface area contributed by atoms with E-state index in [0.29, 0.717) is 11.6 Å². The van der Waals surface area contributed by atoms with Crippen molar-refractivity contribution >= 4 is 22.3 Å². The molecule has 3 aromatic carbocycles. The summed E-state index contributed by atoms with van der Waals surface area (Å²) in [5.41, 5.74) is 10.3. The first kappa shape index (κ1) is 20.2. The van der Waals surface area contributed by atoms with E-state index in [1.807, 2.05) is 66.3 Å². The lowest BCUT2D eigenvalue weighted by Crippen LogP contribution is -2.17. The van der Waals surface area contributed by atoms with Crippen molar-refractivity contribution in [3.05, 3.63) is 95.9 Å². The number of benzene rings is 3. The molecule has 34 heavy (non-hydrogen) atoms. The minimum Gasteiger partial charge on any atom is -0.493 e. The van der Waals surface area contributed by atoms with Crippen molar-refractivity contribution in [1.82, 2.24) is 19.7 Å². The molecule has 0 spiro atoms. The van der Waals surface area contributed by atoms with Crippen LogP contribution in [0.4, 0.5) is 11.5 Å². The van der Waals surface area contributed by atoms with Crippen LogP contribution in [0.25, 0.3) is 22.2 Å². The molecule has 1 aliphatic heterocycles. The van der Waals surface area contributed by atoms with Crippen molar-refractivity contribution in [3.8, 4) is 17.1 Å². The molecule has 0 bridgehead atoms. The van der Waals surface area contributed by atoms with Gasteiger partial charge < -0.3 is 15.8 Å². The van der Waals surface area contributed by atoms with Crippen LogP contribution in [-0.4, -0.2) is 26.4 Å². The lowest BCUT2D eigenvalue weighted by molar-refractivity contribution is 0.357. The predicted molar refractivity (Wildman–Crippen MR) is 134 cm³/mol. The number of rotatable bonds is 5. The number of hydrogen-bond acceptors (Lipinski definition) is 6. The highest BCUT2D eigenvalue weighted by Gasteiger charge is 2.24. The third kappa shape index (κ3) is 3.61. The summed E-state index contributed by atoms with van der Waals surface area (Å²) in [7, 11) is 1.94. The van der Waals surface area contributed by atoms with Gasteiger partial charge in [-0.1, -0.05) is 36.4 Å². The maximum atomic E-state index is 6.05. The molecule has 3 N–H and O–H groups in total. The summed E-state index contributed by atoms with van der Waals surface area (Å²) in [6.07, 6.45) is 2.64. The first-order valence-electron chi connectivity index (χ1n) is 11.3. The lowest BCUT2D eigenvalue weighted by atomic mass is 10.0. The summed E-state index contributed by atoms with van der Waals surface area (Å²) in [6.45, 7) is 0.721. The zero-order chi connectivity index (χ0) is 23.1. The molecule has 1 atom stereocenters. The average Bonchev–Trinajstić information content (AvgIpc) is 3.49. The second-order valence-corrected chi connectivity index (χ2v) is 8.46. The Hall–Kier alpha value is -4.39. The molecule has 1 unspecified atom stereocenters. The van der Waals surface area contributed by atoms with E-state index >= 15 is 0 Å². The van der Waals surface area contributed by atoms with E-state index in [4.69, 9.17) is 20.6 Å². The van der Waals surface area contributed by atoms with E-state index in [0.717, 1.165) is 52.2 Å². The van der Waals surface area contributed by atoms with Crippen LogP contribution in [0.2, 0.25) is 0 Å². The Morgan fingerprint density at radius 2 is 1.91 bits per heavy atom. The molecule has 0 fully saturated rings. The number of fused-ring (bicyclic) bond motifs is 2. The van der Waals surface area contributed by atoms with Crippen LogP contribution in [0, 0.1) is 0 Å². The topological polar surface area (TPSA) is 90.9 Å². The first-order chi connectivity index (χ1) is 16.7. The molecule has 0 saturated heterocycles. The van der Waals surface area contributed by atoms with Crippen LogP contribution in [0.3, 0.4) is 0 Å². The Morgan fingerprint density at radius 1 is 1.03 bits per heavy atom. The quantitative estimate of drug-likeness (QED) is 0.403. The van der Waals surface area contributed by atoms with Gasteiger partial charge in [0.1, 0.15) is 17.6 Å². The summed E-state index contributed by atoms with van der Waals surface area (Å²) >= 11 is 0. The van der Waals surface area contributed by atoms with Gasteiger partial charge in [-0.3, -0.25) is 4.68 Å². The molecule has 3 heterocycles. The highest BCUT2D eigenvalue weighted by atomic mass is 16.5. The highest BCUT2D eigenvalue weighted by molar-refractivity contribution is 5.92. The summed E-state index contributed by atoms with van der Waals surface area (Å²) in [4.78, 5) is 9.14. The second kappa shape index (κ2) is 8.19. The Balaban J connectivity index is 1.44. The van der Waals surface area contributed by atoms with Crippen molar-refractivity contribution < 1.29 is 4.74 Å². The number of nitrogens with zero attached hydrogens (tertiary/aromatic N) is 4. The van der Waals surface area contributed by atoms with E-state index in [1.54, 1.807) is 6.20 Å². The van der Waals surface area contributed by atoms with Gasteiger partial charge in [0.15, 0.2) is 11.6 Å². The SMILES string of the molecule is Cn1nc(-c2ccccc2)nc1C(Nc1ccc2c(N)nccc2c1)c1ccc2c(c1)CCO2. The number of anilines is 2. The summed E-state index contributed by atoms with van der Waals surface area (Å²) < 4.78 is 7.58. The minimum atomic E-state index is -0.211. The van der Waals surface area contributed by atoms with Crippen LogP contribution < -0.4 is 15.8 Å². The number of pyridine rings is 1. The third-order valence-corrected chi connectivity index (χ3v) is 6.24. The van der Waals surface area contributed by atoms with Gasteiger partial charge >= 0.3 is 0 Å². The number of ether oxygens (including phenoxy) is 1. The second-order valence-electron chi connectivity index (χ2n) is 8.46. The number of hydrogen-bond donors (Lipinski definition) is 2. The fraction of sp³-hybridized carbons (Fsp3) is 0.148. The van der Waals surface area contributed by atoms with Gasteiger partial charge in [0.05, 0.1) is 6.61 Å². The lowest BCUT2D eigenvalue weighted by Gasteiger charge is -2.21. The highest BCUT2D eigenvalue weighted by Crippen LogP contribution is 2.33. The van der Waals surface area contributed by atoms with Crippen molar-refractivity contribution in [2.75, 3.05) is 17.7 Å². The van der Waals surface area contributed by atoms with E-state index in [9.17, 15) is 0 Å². The van der Waals surface area contributed by atoms with E-state index in [1.165, 1.54) is 5.56 Å². The Morgan fingerprint density at radius 3 is 2.79 bits per heavy atom. The number of aromatic nitrogens is 4. The third-order valence-electron chi connectivity index (χ3n) is 6.24. The normalized spacial score (nSPS) is 13.4. The van der Waals surface area contributed by atoms with Gasteiger partial charge in [-0.25, -0.2) is 9.97 Å². The maximum Gasteiger partial charge on any atom is 0.181 e. The van der Waals surface area contributed by atoms with E-state index < -0.39 is 0 Å². The largest absolute Gasteiger partial charge is 0.493 e. The predicted octanol–water partition coefficient (Wildman–Crippen LogP) is 4.75. The summed E-state index contributed by atoms with van der Waals surface area (Å²) in [5.74, 6) is 3.01. The summed E-state index contributed by atoms with van der Waals surface area (Å²) in [5, 5.41) is 10.4. The van der Waals surface area contributed by atoms with Crippen LogP contribution >= 0.6 is 0 Å². The molecule has 2 aromatic heterocycles. The molecule has 7 heteroatoms. The number of aryl methyl sites for hydroxylation is 1. The number of nitrogens with one attached hydrogen (secondary N) is 1. The number of nitrogen functional groups attached to an aromatic ring is 1. The average molecular weight is 449 g/mol. The standard InChI is InChI=1S/C27H24N6O/c1-33-27(31-26(32-33)17-5-3-2-4-6-17)24(20-7-10-23-19(15-20)12-14-34-23)30-21-8-9-22-18(16-21)11-13-29-25(22)28/h2-11,13,15-16,24,30H,12,14H2,1H3,(H2,28,29). The maximum absolute atomic E-state index is 6.05. The van der Waals surface area contributed by atoms with Crippen LogP contribution in [0.5, 0.6) is 5.75 Å². The molecule has 0 radical (unpaired) electrons. The molecule has 0 amide bonds. The van der Waals surface area contributed by atoms with E-state index in [-0.39, 0.29) is 6.04 Å². The van der Waals surface area contributed by atoms with Crippen molar-refractivity contribution in [3.63, 3.8) is 0 Å². The molecular weight excluding hydrogens is 424 g/mol. The molecule has 7 nitrogen and oxygen atoms in total. The Labute approximate surface area is 197 Å². The van der Waals surface area contributed by atoms with Gasteiger partial charge in [-0.2, -0.15) is 5.10 Å². The summed E-state index contributed by atoms with van der Waals surface area (Å²) in [6, 6.07) is 24.3. The van der Waals surface area contributed by atoms with Crippen molar-refractivity contribution in [2.24, 2.45) is 7.05 Å². The van der Waals surface area contributed by atoms with Crippen LogP contribution in [0.15, 0.2) is 79.0 Å². The van der Waals surface area contributed by atoms with Gasteiger partial charge in [0, 0.05) is 36.3 Å². The van der Waals surface area contributed by atoms with Crippen molar-refractivity contribution in [2.45, 2.75) is 12.5 Å². The van der Waals surface area contributed by atoms with E-state index in [2.05, 4.69) is 28.5 Å². The Kier molecular flexibility index (Phi) is 4.87.